The minimum absolute atomic E-state index is 0.0399. The van der Waals surface area contributed by atoms with Gasteiger partial charge in [0.15, 0.2) is 0 Å². The summed E-state index contributed by atoms with van der Waals surface area (Å²) in [4.78, 5) is 14.1. The van der Waals surface area contributed by atoms with Gasteiger partial charge in [0.05, 0.1) is 19.3 Å². The van der Waals surface area contributed by atoms with Crippen molar-refractivity contribution in [3.63, 3.8) is 0 Å². The van der Waals surface area contributed by atoms with E-state index in [0.29, 0.717) is 37.8 Å². The lowest BCUT2D eigenvalue weighted by Gasteiger charge is -2.37. The number of ether oxygens (including phenoxy) is 2. The third-order valence-corrected chi connectivity index (χ3v) is 5.44. The summed E-state index contributed by atoms with van der Waals surface area (Å²) in [5.74, 6) is 0. The summed E-state index contributed by atoms with van der Waals surface area (Å²) < 4.78 is 11.3. The van der Waals surface area contributed by atoms with E-state index in [1.807, 2.05) is 30.3 Å². The highest BCUT2D eigenvalue weighted by Crippen LogP contribution is 2.35. The molecule has 26 heavy (non-hydrogen) atoms. The molecule has 1 aliphatic heterocycles. The van der Waals surface area contributed by atoms with Crippen LogP contribution in [0, 0.1) is 5.41 Å². The largest absolute Gasteiger partial charge is 0.445 e. The monoisotopic (exact) mass is 360 g/mol. The fraction of sp³-hybridized carbons (Fsp3) is 0.667. The van der Waals surface area contributed by atoms with E-state index in [1.54, 1.807) is 4.90 Å². The molecule has 0 bridgehead atoms. The number of rotatable bonds is 5. The maximum atomic E-state index is 12.3. The highest BCUT2D eigenvalue weighted by atomic mass is 16.6. The molecular formula is C21H32N2O3. The molecule has 1 heterocycles. The van der Waals surface area contributed by atoms with Crippen molar-refractivity contribution in [1.82, 2.24) is 10.2 Å². The number of nitrogens with one attached hydrogen (secondary N) is 1. The van der Waals surface area contributed by atoms with Crippen molar-refractivity contribution in [1.29, 1.82) is 0 Å². The molecule has 1 N–H and O–H groups in total. The van der Waals surface area contributed by atoms with Crippen LogP contribution >= 0.6 is 0 Å². The fourth-order valence-corrected chi connectivity index (χ4v) is 3.99. The van der Waals surface area contributed by atoms with Crippen LogP contribution in [0.15, 0.2) is 30.3 Å². The van der Waals surface area contributed by atoms with Crippen molar-refractivity contribution in [3.8, 4) is 0 Å². The van der Waals surface area contributed by atoms with Crippen LogP contribution in [-0.4, -0.2) is 49.4 Å². The van der Waals surface area contributed by atoms with Gasteiger partial charge < -0.3 is 19.7 Å². The van der Waals surface area contributed by atoms with Gasteiger partial charge in [-0.25, -0.2) is 4.79 Å². The third kappa shape index (κ3) is 5.71. The molecule has 144 valence electrons. The zero-order chi connectivity index (χ0) is 18.4. The molecule has 0 aromatic heterocycles. The number of benzene rings is 1. The van der Waals surface area contributed by atoms with E-state index < -0.39 is 0 Å². The first-order valence-corrected chi connectivity index (χ1v) is 9.82. The van der Waals surface area contributed by atoms with E-state index in [-0.39, 0.29) is 12.2 Å². The van der Waals surface area contributed by atoms with Gasteiger partial charge >= 0.3 is 6.09 Å². The van der Waals surface area contributed by atoms with Crippen molar-refractivity contribution >= 4 is 6.09 Å². The van der Waals surface area contributed by atoms with Crippen molar-refractivity contribution < 1.29 is 14.3 Å². The number of carbonyl (C=O) groups is 1. The second-order valence-corrected chi connectivity index (χ2v) is 8.34. The van der Waals surface area contributed by atoms with E-state index in [2.05, 4.69) is 19.2 Å². The Kier molecular flexibility index (Phi) is 6.54. The lowest BCUT2D eigenvalue weighted by atomic mass is 9.75. The summed E-state index contributed by atoms with van der Waals surface area (Å²) in [7, 11) is 0. The number of hydrogen-bond donors (Lipinski definition) is 1. The normalized spacial score (nSPS) is 25.7. The lowest BCUT2D eigenvalue weighted by Crippen LogP contribution is -2.51. The van der Waals surface area contributed by atoms with E-state index in [0.717, 1.165) is 12.1 Å². The second kappa shape index (κ2) is 8.87. The summed E-state index contributed by atoms with van der Waals surface area (Å²) in [6, 6.07) is 10.3. The Morgan fingerprint density at radius 2 is 2.15 bits per heavy atom. The van der Waals surface area contributed by atoms with Gasteiger partial charge in [-0.2, -0.15) is 0 Å². The number of nitrogens with zero attached hydrogens (tertiary/aromatic N) is 1. The van der Waals surface area contributed by atoms with E-state index in [4.69, 9.17) is 9.47 Å². The average molecular weight is 360 g/mol. The van der Waals surface area contributed by atoms with Gasteiger partial charge in [0.2, 0.25) is 0 Å². The SMILES string of the molecule is CC1(C)CCCC(NCC2CN(C(=O)OCc3ccccc3)CCO2)C1. The van der Waals surface area contributed by atoms with Gasteiger partial charge in [-0.05, 0) is 30.2 Å². The Labute approximate surface area is 157 Å². The zero-order valence-corrected chi connectivity index (χ0v) is 16.1. The molecule has 1 saturated carbocycles. The molecule has 2 atom stereocenters. The van der Waals surface area contributed by atoms with Crippen LogP contribution in [0.2, 0.25) is 0 Å². The Balaban J connectivity index is 1.41. The maximum absolute atomic E-state index is 12.3. The average Bonchev–Trinajstić information content (AvgIpc) is 2.65. The summed E-state index contributed by atoms with van der Waals surface area (Å²) in [5, 5.41) is 3.66. The van der Waals surface area contributed by atoms with Crippen LogP contribution in [0.25, 0.3) is 0 Å². The quantitative estimate of drug-likeness (QED) is 0.872. The molecule has 3 rings (SSSR count). The molecule has 1 saturated heterocycles. The highest BCUT2D eigenvalue weighted by Gasteiger charge is 2.30. The molecule has 0 spiro atoms. The molecule has 2 fully saturated rings. The van der Waals surface area contributed by atoms with Gasteiger partial charge in [-0.1, -0.05) is 50.6 Å². The van der Waals surface area contributed by atoms with Crippen LogP contribution in [0.5, 0.6) is 0 Å². The molecule has 2 unspecified atom stereocenters. The molecular weight excluding hydrogens is 328 g/mol. The number of hydrogen-bond acceptors (Lipinski definition) is 4. The number of amides is 1. The molecule has 1 aromatic carbocycles. The minimum atomic E-state index is -0.249. The third-order valence-electron chi connectivity index (χ3n) is 5.44. The first-order valence-electron chi connectivity index (χ1n) is 9.82. The summed E-state index contributed by atoms with van der Waals surface area (Å²) in [5.41, 5.74) is 1.43. The van der Waals surface area contributed by atoms with Crippen LogP contribution in [0.4, 0.5) is 4.79 Å². The number of carbonyl (C=O) groups excluding carboxylic acids is 1. The summed E-state index contributed by atoms with van der Waals surface area (Å²) in [6.07, 6.45) is 4.83. The predicted octanol–water partition coefficient (Wildman–Crippen LogP) is 3.58. The van der Waals surface area contributed by atoms with Gasteiger partial charge in [0.1, 0.15) is 6.61 Å². The standard InChI is InChI=1S/C21H32N2O3/c1-21(2)10-6-9-18(13-21)22-14-19-15-23(11-12-25-19)20(24)26-16-17-7-4-3-5-8-17/h3-5,7-8,18-19,22H,6,9-16H2,1-2H3. The van der Waals surface area contributed by atoms with Crippen LogP contribution < -0.4 is 5.32 Å². The van der Waals surface area contributed by atoms with Crippen LogP contribution in [-0.2, 0) is 16.1 Å². The Bertz CT molecular complexity index is 576. The first-order chi connectivity index (χ1) is 12.5. The summed E-state index contributed by atoms with van der Waals surface area (Å²) in [6.45, 7) is 7.57. The smallest absolute Gasteiger partial charge is 0.410 e. The highest BCUT2D eigenvalue weighted by molar-refractivity contribution is 5.67. The molecule has 1 aliphatic carbocycles. The zero-order valence-electron chi connectivity index (χ0n) is 16.1. The lowest BCUT2D eigenvalue weighted by molar-refractivity contribution is -0.0289. The van der Waals surface area contributed by atoms with E-state index >= 15 is 0 Å². The fourth-order valence-electron chi connectivity index (χ4n) is 3.99. The van der Waals surface area contributed by atoms with Gasteiger partial charge in [-0.3, -0.25) is 0 Å². The van der Waals surface area contributed by atoms with Crippen LogP contribution in [0.1, 0.15) is 45.1 Å². The van der Waals surface area contributed by atoms with Gasteiger partial charge in [0, 0.05) is 19.1 Å². The van der Waals surface area contributed by atoms with Gasteiger partial charge in [0.25, 0.3) is 0 Å². The minimum Gasteiger partial charge on any atom is -0.445 e. The first kappa shape index (κ1) is 19.2. The Morgan fingerprint density at radius 3 is 2.92 bits per heavy atom. The molecule has 0 radical (unpaired) electrons. The Hall–Kier alpha value is -1.59. The Morgan fingerprint density at radius 1 is 1.35 bits per heavy atom. The van der Waals surface area contributed by atoms with Crippen molar-refractivity contribution in [2.24, 2.45) is 5.41 Å². The topological polar surface area (TPSA) is 50.8 Å². The van der Waals surface area contributed by atoms with E-state index in [1.165, 1.54) is 25.7 Å². The van der Waals surface area contributed by atoms with Gasteiger partial charge in [-0.15, -0.1) is 0 Å². The second-order valence-electron chi connectivity index (χ2n) is 8.34. The molecule has 5 heteroatoms. The molecule has 1 amide bonds. The maximum Gasteiger partial charge on any atom is 0.410 e. The van der Waals surface area contributed by atoms with E-state index in [9.17, 15) is 4.79 Å². The summed E-state index contributed by atoms with van der Waals surface area (Å²) >= 11 is 0. The van der Waals surface area contributed by atoms with Crippen molar-refractivity contribution in [2.45, 2.75) is 58.3 Å². The number of morpholine rings is 1. The van der Waals surface area contributed by atoms with Crippen molar-refractivity contribution in [3.05, 3.63) is 35.9 Å². The molecule has 2 aliphatic rings. The molecule has 5 nitrogen and oxygen atoms in total. The molecule has 1 aromatic rings. The van der Waals surface area contributed by atoms with Crippen molar-refractivity contribution in [2.75, 3.05) is 26.2 Å². The predicted molar refractivity (Wildman–Crippen MR) is 102 cm³/mol. The van der Waals surface area contributed by atoms with Crippen LogP contribution in [0.3, 0.4) is 0 Å².